The van der Waals surface area contributed by atoms with E-state index in [0.29, 0.717) is 11.5 Å². The second-order valence-corrected chi connectivity index (χ2v) is 5.16. The van der Waals surface area contributed by atoms with E-state index in [4.69, 9.17) is 9.47 Å². The number of likely N-dealkylation sites (N-methyl/N-ethyl adjacent to an activating group) is 1. The average Bonchev–Trinajstić information content (AvgIpc) is 2.49. The maximum Gasteiger partial charge on any atom is 0.259 e. The predicted octanol–water partition coefficient (Wildman–Crippen LogP) is 2.22. The van der Waals surface area contributed by atoms with Gasteiger partial charge in [0.25, 0.3) is 5.91 Å². The molecule has 0 aliphatic rings. The highest BCUT2D eigenvalue weighted by Gasteiger charge is 2.12. The molecule has 1 N–H and O–H groups in total. The number of amides is 1. The van der Waals surface area contributed by atoms with Gasteiger partial charge in [0.15, 0.2) is 18.1 Å². The minimum atomic E-state index is -0.0842. The molecule has 118 valence electrons. The van der Waals surface area contributed by atoms with Crippen molar-refractivity contribution >= 4 is 5.91 Å². The Hall–Kier alpha value is -1.75. The molecule has 0 saturated carbocycles. The van der Waals surface area contributed by atoms with Crippen LogP contribution in [0.4, 0.5) is 0 Å². The highest BCUT2D eigenvalue weighted by Crippen LogP contribution is 2.30. The Morgan fingerprint density at radius 3 is 2.62 bits per heavy atom. The van der Waals surface area contributed by atoms with Crippen LogP contribution in [0.1, 0.15) is 31.9 Å². The lowest BCUT2D eigenvalue weighted by molar-refractivity contribution is -0.130. The van der Waals surface area contributed by atoms with Crippen molar-refractivity contribution in [1.29, 1.82) is 0 Å². The number of carbonyl (C=O) groups excluding carboxylic acids is 1. The maximum atomic E-state index is 11.6. The third-order valence-electron chi connectivity index (χ3n) is 3.24. The summed E-state index contributed by atoms with van der Waals surface area (Å²) in [6.07, 6.45) is 1.09. The molecule has 0 heterocycles. The number of rotatable bonds is 8. The van der Waals surface area contributed by atoms with Crippen LogP contribution < -0.4 is 14.8 Å². The van der Waals surface area contributed by atoms with Crippen molar-refractivity contribution in [2.75, 3.05) is 34.4 Å². The van der Waals surface area contributed by atoms with Gasteiger partial charge < -0.3 is 19.7 Å². The second kappa shape index (κ2) is 8.52. The number of hydrogen-bond acceptors (Lipinski definition) is 4. The summed E-state index contributed by atoms with van der Waals surface area (Å²) in [6, 6.07) is 6.03. The molecule has 5 nitrogen and oxygen atoms in total. The second-order valence-electron chi connectivity index (χ2n) is 5.16. The number of nitrogens with one attached hydrogen (secondary N) is 1. The van der Waals surface area contributed by atoms with E-state index >= 15 is 0 Å². The Bertz CT molecular complexity index is 461. The van der Waals surface area contributed by atoms with Crippen LogP contribution in [0.15, 0.2) is 18.2 Å². The van der Waals surface area contributed by atoms with Gasteiger partial charge in [-0.15, -0.1) is 0 Å². The zero-order valence-corrected chi connectivity index (χ0v) is 13.6. The fraction of sp³-hybridized carbons (Fsp3) is 0.562. The maximum absolute atomic E-state index is 11.6. The zero-order valence-electron chi connectivity index (χ0n) is 13.6. The van der Waals surface area contributed by atoms with Crippen molar-refractivity contribution in [2.24, 2.45) is 0 Å². The molecule has 5 heteroatoms. The molecule has 0 aliphatic carbocycles. The van der Waals surface area contributed by atoms with Crippen LogP contribution in [0.5, 0.6) is 11.5 Å². The lowest BCUT2D eigenvalue weighted by Gasteiger charge is -2.17. The molecular formula is C16H26N2O3. The van der Waals surface area contributed by atoms with E-state index < -0.39 is 0 Å². The quantitative estimate of drug-likeness (QED) is 0.799. The molecule has 1 aromatic carbocycles. The van der Waals surface area contributed by atoms with Crippen LogP contribution in [0.3, 0.4) is 0 Å². The molecule has 0 saturated heterocycles. The summed E-state index contributed by atoms with van der Waals surface area (Å²) in [6.45, 7) is 5.23. The van der Waals surface area contributed by atoms with E-state index in [1.54, 1.807) is 21.2 Å². The third-order valence-corrected chi connectivity index (χ3v) is 3.24. The van der Waals surface area contributed by atoms with Crippen molar-refractivity contribution in [2.45, 2.75) is 26.3 Å². The number of ether oxygens (including phenoxy) is 2. The SMILES string of the molecule is CCCNC(C)c1ccc(OCC(=O)N(C)C)c(OC)c1. The monoisotopic (exact) mass is 294 g/mol. The molecular weight excluding hydrogens is 268 g/mol. The molecule has 1 amide bonds. The predicted molar refractivity (Wildman–Crippen MR) is 83.9 cm³/mol. The number of methoxy groups -OCH3 is 1. The van der Waals surface area contributed by atoms with Crippen LogP contribution >= 0.6 is 0 Å². The summed E-state index contributed by atoms with van der Waals surface area (Å²) >= 11 is 0. The summed E-state index contributed by atoms with van der Waals surface area (Å²) in [4.78, 5) is 13.1. The lowest BCUT2D eigenvalue weighted by Crippen LogP contribution is -2.27. The van der Waals surface area contributed by atoms with Gasteiger partial charge in [-0.25, -0.2) is 0 Å². The molecule has 1 atom stereocenters. The minimum Gasteiger partial charge on any atom is -0.493 e. The number of hydrogen-bond donors (Lipinski definition) is 1. The molecule has 0 spiro atoms. The average molecular weight is 294 g/mol. The normalized spacial score (nSPS) is 11.9. The van der Waals surface area contributed by atoms with Gasteiger partial charge in [-0.05, 0) is 37.6 Å². The van der Waals surface area contributed by atoms with E-state index in [1.807, 2.05) is 18.2 Å². The van der Waals surface area contributed by atoms with Gasteiger partial charge in [0.05, 0.1) is 7.11 Å². The highest BCUT2D eigenvalue weighted by atomic mass is 16.5. The largest absolute Gasteiger partial charge is 0.493 e. The van der Waals surface area contributed by atoms with E-state index in [1.165, 1.54) is 4.90 Å². The lowest BCUT2D eigenvalue weighted by atomic mass is 10.1. The molecule has 1 rings (SSSR count). The van der Waals surface area contributed by atoms with Gasteiger partial charge >= 0.3 is 0 Å². The first-order chi connectivity index (χ1) is 9.99. The smallest absolute Gasteiger partial charge is 0.259 e. The van der Waals surface area contributed by atoms with Crippen LogP contribution in [-0.2, 0) is 4.79 Å². The van der Waals surface area contributed by atoms with Gasteiger partial charge in [0.1, 0.15) is 0 Å². The minimum absolute atomic E-state index is 0.00629. The standard InChI is InChI=1S/C16H26N2O3/c1-6-9-17-12(2)13-7-8-14(15(10-13)20-5)21-11-16(19)18(3)4/h7-8,10,12,17H,6,9,11H2,1-5H3. The van der Waals surface area contributed by atoms with Crippen molar-refractivity contribution in [3.05, 3.63) is 23.8 Å². The van der Waals surface area contributed by atoms with Crippen molar-refractivity contribution in [3.8, 4) is 11.5 Å². The number of benzene rings is 1. The molecule has 1 aromatic rings. The van der Waals surface area contributed by atoms with Crippen LogP contribution in [0.2, 0.25) is 0 Å². The zero-order chi connectivity index (χ0) is 15.8. The molecule has 0 radical (unpaired) electrons. The van der Waals surface area contributed by atoms with Gasteiger partial charge in [-0.3, -0.25) is 4.79 Å². The molecule has 0 fully saturated rings. The summed E-state index contributed by atoms with van der Waals surface area (Å²) in [5.74, 6) is 1.14. The van der Waals surface area contributed by atoms with E-state index in [0.717, 1.165) is 18.5 Å². The molecule has 1 unspecified atom stereocenters. The third kappa shape index (κ3) is 5.27. The highest BCUT2D eigenvalue weighted by molar-refractivity contribution is 5.77. The Kier molecular flexibility index (Phi) is 7.02. The Morgan fingerprint density at radius 1 is 1.33 bits per heavy atom. The molecule has 0 aliphatic heterocycles. The van der Waals surface area contributed by atoms with Gasteiger partial charge in [0, 0.05) is 20.1 Å². The Balaban J connectivity index is 2.76. The van der Waals surface area contributed by atoms with Crippen LogP contribution in [0, 0.1) is 0 Å². The van der Waals surface area contributed by atoms with Crippen molar-refractivity contribution < 1.29 is 14.3 Å². The Morgan fingerprint density at radius 2 is 2.05 bits per heavy atom. The Labute approximate surface area is 127 Å². The molecule has 0 aromatic heterocycles. The summed E-state index contributed by atoms with van der Waals surface area (Å²) in [5, 5.41) is 3.43. The van der Waals surface area contributed by atoms with Crippen LogP contribution in [0.25, 0.3) is 0 Å². The summed E-state index contributed by atoms with van der Waals surface area (Å²) in [7, 11) is 5.00. The first-order valence-corrected chi connectivity index (χ1v) is 7.23. The first kappa shape index (κ1) is 17.3. The summed E-state index contributed by atoms with van der Waals surface area (Å²) in [5.41, 5.74) is 1.13. The van der Waals surface area contributed by atoms with Gasteiger partial charge in [0.2, 0.25) is 0 Å². The number of carbonyl (C=O) groups is 1. The summed E-state index contributed by atoms with van der Waals surface area (Å²) < 4.78 is 10.9. The first-order valence-electron chi connectivity index (χ1n) is 7.23. The van der Waals surface area contributed by atoms with Gasteiger partial charge in [-0.2, -0.15) is 0 Å². The molecule has 0 bridgehead atoms. The fourth-order valence-electron chi connectivity index (χ4n) is 1.82. The molecule has 21 heavy (non-hydrogen) atoms. The van der Waals surface area contributed by atoms with Crippen molar-refractivity contribution in [3.63, 3.8) is 0 Å². The number of nitrogens with zero attached hydrogens (tertiary/aromatic N) is 1. The fourth-order valence-corrected chi connectivity index (χ4v) is 1.82. The van der Waals surface area contributed by atoms with E-state index in [9.17, 15) is 4.79 Å². The van der Waals surface area contributed by atoms with E-state index in [-0.39, 0.29) is 18.6 Å². The topological polar surface area (TPSA) is 50.8 Å². The van der Waals surface area contributed by atoms with Crippen molar-refractivity contribution in [1.82, 2.24) is 10.2 Å². The van der Waals surface area contributed by atoms with Gasteiger partial charge in [-0.1, -0.05) is 13.0 Å². The van der Waals surface area contributed by atoms with Crippen LogP contribution in [-0.4, -0.2) is 45.2 Å². The van der Waals surface area contributed by atoms with E-state index in [2.05, 4.69) is 19.2 Å².